The fraction of sp³-hybridized carbons (Fsp3) is 0.750. The topological polar surface area (TPSA) is 40.6 Å². The van der Waals surface area contributed by atoms with E-state index in [9.17, 15) is 9.59 Å². The molecule has 2 aliphatic carbocycles. The second-order valence-corrected chi connectivity index (χ2v) is 9.36. The summed E-state index contributed by atoms with van der Waals surface area (Å²) in [4.78, 5) is 30.4. The van der Waals surface area contributed by atoms with Crippen molar-refractivity contribution in [2.24, 2.45) is 10.8 Å². The van der Waals surface area contributed by atoms with Gasteiger partial charge < -0.3 is 0 Å². The van der Waals surface area contributed by atoms with E-state index in [0.717, 1.165) is 103 Å². The average Bonchev–Trinajstić information content (AvgIpc) is 2.69. The predicted molar refractivity (Wildman–Crippen MR) is 114 cm³/mol. The maximum absolute atomic E-state index is 12.7. The normalized spacial score (nSPS) is 33.0. The van der Waals surface area contributed by atoms with Crippen LogP contribution in [0.3, 0.4) is 0 Å². The van der Waals surface area contributed by atoms with Crippen molar-refractivity contribution in [3.8, 4) is 0 Å². The molecule has 2 atom stereocenters. The van der Waals surface area contributed by atoms with Crippen LogP contribution in [0.15, 0.2) is 25.3 Å². The van der Waals surface area contributed by atoms with Crippen molar-refractivity contribution in [3.05, 3.63) is 25.3 Å². The Balaban J connectivity index is 1.57. The van der Waals surface area contributed by atoms with Crippen LogP contribution in [0.25, 0.3) is 0 Å². The number of hydrogen-bond acceptors (Lipinski definition) is 4. The first-order valence-corrected chi connectivity index (χ1v) is 11.3. The van der Waals surface area contributed by atoms with Gasteiger partial charge in [0, 0.05) is 62.9 Å². The van der Waals surface area contributed by atoms with Crippen LogP contribution in [-0.4, -0.2) is 60.6 Å². The minimum absolute atomic E-state index is 0.203. The van der Waals surface area contributed by atoms with Crippen LogP contribution in [0.2, 0.25) is 0 Å². The summed E-state index contributed by atoms with van der Waals surface area (Å²) in [6.07, 6.45) is 13.4. The molecule has 3 rings (SSSR count). The second-order valence-electron chi connectivity index (χ2n) is 9.36. The Morgan fingerprint density at radius 1 is 0.714 bits per heavy atom. The molecule has 0 aromatic heterocycles. The third-order valence-corrected chi connectivity index (χ3v) is 7.39. The van der Waals surface area contributed by atoms with Crippen LogP contribution in [0.1, 0.15) is 64.2 Å². The second kappa shape index (κ2) is 9.49. The molecule has 0 aromatic carbocycles. The summed E-state index contributed by atoms with van der Waals surface area (Å²) in [5, 5.41) is 0. The molecule has 1 aliphatic heterocycles. The fourth-order valence-corrected chi connectivity index (χ4v) is 5.72. The highest BCUT2D eigenvalue weighted by Gasteiger charge is 2.42. The zero-order valence-corrected chi connectivity index (χ0v) is 17.6. The lowest BCUT2D eigenvalue weighted by molar-refractivity contribution is -0.134. The van der Waals surface area contributed by atoms with Crippen LogP contribution >= 0.6 is 0 Å². The highest BCUT2D eigenvalue weighted by atomic mass is 16.1. The first-order chi connectivity index (χ1) is 13.5. The molecule has 28 heavy (non-hydrogen) atoms. The largest absolute Gasteiger partial charge is 0.300 e. The molecule has 3 fully saturated rings. The Hall–Kier alpha value is -1.26. The van der Waals surface area contributed by atoms with Gasteiger partial charge in [-0.05, 0) is 38.5 Å². The highest BCUT2D eigenvalue weighted by Crippen LogP contribution is 2.39. The van der Waals surface area contributed by atoms with Gasteiger partial charge in [-0.25, -0.2) is 0 Å². The van der Waals surface area contributed by atoms with Crippen molar-refractivity contribution < 1.29 is 9.59 Å². The molecule has 4 nitrogen and oxygen atoms in total. The lowest BCUT2D eigenvalue weighted by Gasteiger charge is -2.45. The number of nitrogens with zero attached hydrogens (tertiary/aromatic N) is 2. The minimum Gasteiger partial charge on any atom is -0.300 e. The molecular weight excluding hydrogens is 348 g/mol. The molecule has 0 N–H and O–H groups in total. The monoisotopic (exact) mass is 386 g/mol. The molecule has 0 bridgehead atoms. The van der Waals surface area contributed by atoms with E-state index in [1.807, 2.05) is 12.2 Å². The Kier molecular flexibility index (Phi) is 7.27. The maximum Gasteiger partial charge on any atom is 0.140 e. The highest BCUT2D eigenvalue weighted by molar-refractivity contribution is 5.86. The smallest absolute Gasteiger partial charge is 0.140 e. The van der Waals surface area contributed by atoms with Crippen LogP contribution in [-0.2, 0) is 9.59 Å². The Labute approximate surface area is 171 Å². The first kappa shape index (κ1) is 21.4. The molecule has 1 heterocycles. The van der Waals surface area contributed by atoms with E-state index in [-0.39, 0.29) is 10.8 Å². The van der Waals surface area contributed by atoms with E-state index in [1.165, 1.54) is 0 Å². The zero-order valence-electron chi connectivity index (χ0n) is 17.6. The van der Waals surface area contributed by atoms with Crippen LogP contribution in [0.4, 0.5) is 0 Å². The maximum atomic E-state index is 12.7. The van der Waals surface area contributed by atoms with Gasteiger partial charge in [-0.2, -0.15) is 0 Å². The fourth-order valence-electron chi connectivity index (χ4n) is 5.72. The Morgan fingerprint density at radius 2 is 1.11 bits per heavy atom. The number of Topliss-reactive ketones (excluding diaryl/α,β-unsaturated/α-hetero) is 2. The summed E-state index contributed by atoms with van der Waals surface area (Å²) < 4.78 is 0. The number of rotatable bonds is 8. The predicted octanol–water partition coefficient (Wildman–Crippen LogP) is 4.02. The SMILES string of the molecule is C=CCC1(CN2CCN(CC3(CC=C)CCCCC3=O)CC2)CCCCC1=O. The van der Waals surface area contributed by atoms with Crippen molar-refractivity contribution in [2.45, 2.75) is 64.2 Å². The van der Waals surface area contributed by atoms with Gasteiger partial charge in [0.25, 0.3) is 0 Å². The van der Waals surface area contributed by atoms with E-state index in [0.29, 0.717) is 11.6 Å². The first-order valence-electron chi connectivity index (χ1n) is 11.3. The van der Waals surface area contributed by atoms with Crippen molar-refractivity contribution >= 4 is 11.6 Å². The number of hydrogen-bond donors (Lipinski definition) is 0. The molecule has 3 aliphatic rings. The van der Waals surface area contributed by atoms with Crippen molar-refractivity contribution in [1.29, 1.82) is 0 Å². The van der Waals surface area contributed by atoms with Gasteiger partial charge in [-0.3, -0.25) is 19.4 Å². The molecule has 0 radical (unpaired) electrons. The quantitative estimate of drug-likeness (QED) is 0.591. The molecule has 0 amide bonds. The number of ketones is 2. The van der Waals surface area contributed by atoms with Gasteiger partial charge in [-0.15, -0.1) is 13.2 Å². The van der Waals surface area contributed by atoms with E-state index in [2.05, 4.69) is 23.0 Å². The molecule has 0 spiro atoms. The summed E-state index contributed by atoms with van der Waals surface area (Å²) in [5.41, 5.74) is -0.406. The lowest BCUT2D eigenvalue weighted by atomic mass is 9.70. The van der Waals surface area contributed by atoms with Gasteiger partial charge in [0.15, 0.2) is 0 Å². The van der Waals surface area contributed by atoms with E-state index >= 15 is 0 Å². The molecular formula is C24H38N2O2. The number of carbonyl (C=O) groups is 2. The van der Waals surface area contributed by atoms with Gasteiger partial charge in [0.2, 0.25) is 0 Å². The van der Waals surface area contributed by atoms with Gasteiger partial charge in [0.1, 0.15) is 11.6 Å². The third kappa shape index (κ3) is 4.65. The Morgan fingerprint density at radius 3 is 1.43 bits per heavy atom. The molecule has 156 valence electrons. The van der Waals surface area contributed by atoms with Crippen LogP contribution < -0.4 is 0 Å². The molecule has 2 saturated carbocycles. The van der Waals surface area contributed by atoms with Crippen molar-refractivity contribution in [1.82, 2.24) is 9.80 Å². The number of allylic oxidation sites excluding steroid dienone is 2. The molecule has 0 aromatic rings. The van der Waals surface area contributed by atoms with E-state index in [4.69, 9.17) is 0 Å². The lowest BCUT2D eigenvalue weighted by Crippen LogP contribution is -2.55. The average molecular weight is 387 g/mol. The molecule has 4 heteroatoms. The van der Waals surface area contributed by atoms with Gasteiger partial charge >= 0.3 is 0 Å². The van der Waals surface area contributed by atoms with Gasteiger partial charge in [0.05, 0.1) is 0 Å². The summed E-state index contributed by atoms with van der Waals surface area (Å²) in [6.45, 7) is 13.6. The van der Waals surface area contributed by atoms with Crippen molar-refractivity contribution in [3.63, 3.8) is 0 Å². The van der Waals surface area contributed by atoms with Gasteiger partial charge in [-0.1, -0.05) is 25.0 Å². The summed E-state index contributed by atoms with van der Waals surface area (Å²) in [5.74, 6) is 0.887. The Bertz CT molecular complexity index is 541. The van der Waals surface area contributed by atoms with E-state index < -0.39 is 0 Å². The van der Waals surface area contributed by atoms with Crippen LogP contribution in [0.5, 0.6) is 0 Å². The number of carbonyl (C=O) groups excluding carboxylic acids is 2. The number of piperazine rings is 1. The summed E-state index contributed by atoms with van der Waals surface area (Å²) in [6, 6.07) is 0. The van der Waals surface area contributed by atoms with Crippen LogP contribution in [0, 0.1) is 10.8 Å². The van der Waals surface area contributed by atoms with Crippen molar-refractivity contribution in [2.75, 3.05) is 39.3 Å². The third-order valence-electron chi connectivity index (χ3n) is 7.39. The standard InChI is InChI=1S/C24H38N2O2/c1-3-11-23(13-7-5-9-21(23)27)19-25-15-17-26(18-16-25)20-24(12-4-2)14-8-6-10-22(24)28/h3-4H,1-2,5-20H2. The summed E-state index contributed by atoms with van der Waals surface area (Å²) in [7, 11) is 0. The molecule has 2 unspecified atom stereocenters. The summed E-state index contributed by atoms with van der Waals surface area (Å²) >= 11 is 0. The molecule has 1 saturated heterocycles. The van der Waals surface area contributed by atoms with E-state index in [1.54, 1.807) is 0 Å². The minimum atomic E-state index is -0.203. The zero-order chi connectivity index (χ0) is 20.0.